The first-order valence-electron chi connectivity index (χ1n) is 6.59. The van der Waals surface area contributed by atoms with E-state index in [9.17, 15) is 19.5 Å². The second kappa shape index (κ2) is 6.36. The lowest BCUT2D eigenvalue weighted by Crippen LogP contribution is -2.49. The second-order valence-electron chi connectivity index (χ2n) is 4.89. The average molecular weight is 291 g/mol. The fourth-order valence-electron chi connectivity index (χ4n) is 2.46. The number of carbonyl (C=O) groups excluding carboxylic acids is 2. The molecule has 1 unspecified atom stereocenters. The molecule has 0 saturated carbocycles. The van der Waals surface area contributed by atoms with Crippen molar-refractivity contribution in [1.82, 2.24) is 15.8 Å². The van der Waals surface area contributed by atoms with Gasteiger partial charge in [-0.05, 0) is 17.5 Å². The molecule has 1 heterocycles. The zero-order valence-electron chi connectivity index (χ0n) is 11.6. The van der Waals surface area contributed by atoms with Crippen LogP contribution < -0.4 is 10.9 Å². The summed E-state index contributed by atoms with van der Waals surface area (Å²) in [5.74, 6) is -1.83. The minimum absolute atomic E-state index is 0.0917. The van der Waals surface area contributed by atoms with Crippen LogP contribution in [0.4, 0.5) is 0 Å². The predicted molar refractivity (Wildman–Crippen MR) is 74.1 cm³/mol. The highest BCUT2D eigenvalue weighted by molar-refractivity contribution is 5.83. The number of carboxylic acids is 1. The molecule has 0 radical (unpaired) electrons. The molecular formula is C14H17N3O4. The van der Waals surface area contributed by atoms with Gasteiger partial charge in [-0.2, -0.15) is 0 Å². The predicted octanol–water partition coefficient (Wildman–Crippen LogP) is -0.162. The maximum atomic E-state index is 11.7. The molecule has 1 aromatic carbocycles. The van der Waals surface area contributed by atoms with Crippen LogP contribution in [0.25, 0.3) is 0 Å². The Kier molecular flexibility index (Phi) is 4.54. The van der Waals surface area contributed by atoms with Gasteiger partial charge < -0.3 is 5.11 Å². The van der Waals surface area contributed by atoms with Crippen molar-refractivity contribution >= 4 is 17.8 Å². The van der Waals surface area contributed by atoms with E-state index >= 15 is 0 Å². The molecule has 0 aromatic heterocycles. The molecule has 1 aliphatic rings. The molecule has 0 bridgehead atoms. The number of hydrogen-bond acceptors (Lipinski definition) is 4. The summed E-state index contributed by atoms with van der Waals surface area (Å²) in [5.41, 5.74) is 6.13. The van der Waals surface area contributed by atoms with Crippen LogP contribution in [0.1, 0.15) is 24.1 Å². The number of fused-ring (bicyclic) bond motifs is 1. The summed E-state index contributed by atoms with van der Waals surface area (Å²) in [5, 5.41) is 9.44. The van der Waals surface area contributed by atoms with Crippen LogP contribution in [-0.4, -0.2) is 40.9 Å². The van der Waals surface area contributed by atoms with Gasteiger partial charge in [0.2, 0.25) is 5.91 Å². The van der Waals surface area contributed by atoms with Crippen LogP contribution in [0.15, 0.2) is 24.3 Å². The van der Waals surface area contributed by atoms with Gasteiger partial charge in [0.15, 0.2) is 0 Å². The van der Waals surface area contributed by atoms with Crippen LogP contribution in [0, 0.1) is 0 Å². The Labute approximate surface area is 121 Å². The van der Waals surface area contributed by atoms with Crippen LogP contribution in [0.5, 0.6) is 0 Å². The van der Waals surface area contributed by atoms with Crippen molar-refractivity contribution in [2.75, 3.05) is 13.1 Å². The summed E-state index contributed by atoms with van der Waals surface area (Å²) in [6.07, 6.45) is 0.688. The highest BCUT2D eigenvalue weighted by Crippen LogP contribution is 2.29. The molecule has 1 aliphatic heterocycles. The van der Waals surface area contributed by atoms with E-state index in [2.05, 4.69) is 10.9 Å². The molecule has 1 aromatic rings. The number of hydrazine groups is 1. The Balaban J connectivity index is 2.12. The number of hydrogen-bond donors (Lipinski definition) is 3. The van der Waals surface area contributed by atoms with E-state index in [1.807, 2.05) is 12.1 Å². The third kappa shape index (κ3) is 3.57. The van der Waals surface area contributed by atoms with Gasteiger partial charge in [0, 0.05) is 13.5 Å². The Bertz CT molecular complexity index is 573. The monoisotopic (exact) mass is 291 g/mol. The van der Waals surface area contributed by atoms with Crippen molar-refractivity contribution in [2.24, 2.45) is 0 Å². The van der Waals surface area contributed by atoms with Crippen molar-refractivity contribution in [3.05, 3.63) is 35.4 Å². The van der Waals surface area contributed by atoms with E-state index in [0.717, 1.165) is 5.56 Å². The standard InChI is InChI=1S/C14H17N3O4/c1-9(18)15-16-12(19)8-17-7-6-10-4-2-3-5-11(10)13(17)14(20)21/h2-5,13H,6-8H2,1H3,(H,15,18)(H,16,19)(H,20,21). The number of nitrogens with one attached hydrogen (secondary N) is 2. The van der Waals surface area contributed by atoms with Crippen molar-refractivity contribution in [1.29, 1.82) is 0 Å². The summed E-state index contributed by atoms with van der Waals surface area (Å²) < 4.78 is 0. The first-order chi connectivity index (χ1) is 9.99. The van der Waals surface area contributed by atoms with E-state index in [4.69, 9.17) is 0 Å². The molecule has 0 fully saturated rings. The topological polar surface area (TPSA) is 98.7 Å². The smallest absolute Gasteiger partial charge is 0.325 e. The number of rotatable bonds is 3. The van der Waals surface area contributed by atoms with Crippen molar-refractivity contribution < 1.29 is 19.5 Å². The lowest BCUT2D eigenvalue weighted by Gasteiger charge is -2.34. The fraction of sp³-hybridized carbons (Fsp3) is 0.357. The van der Waals surface area contributed by atoms with Gasteiger partial charge in [0.1, 0.15) is 6.04 Å². The maximum absolute atomic E-state index is 11.7. The van der Waals surface area contributed by atoms with E-state index in [-0.39, 0.29) is 12.5 Å². The third-order valence-corrected chi connectivity index (χ3v) is 3.34. The Hall–Kier alpha value is -2.41. The van der Waals surface area contributed by atoms with E-state index in [1.54, 1.807) is 17.0 Å². The average Bonchev–Trinajstić information content (AvgIpc) is 2.44. The summed E-state index contributed by atoms with van der Waals surface area (Å²) in [7, 11) is 0. The van der Waals surface area contributed by atoms with Gasteiger partial charge in [-0.25, -0.2) is 0 Å². The second-order valence-corrected chi connectivity index (χ2v) is 4.89. The van der Waals surface area contributed by atoms with Crippen LogP contribution >= 0.6 is 0 Å². The Morgan fingerprint density at radius 2 is 2.00 bits per heavy atom. The molecule has 2 rings (SSSR count). The lowest BCUT2D eigenvalue weighted by atomic mass is 9.92. The minimum atomic E-state index is -0.991. The molecule has 2 amide bonds. The number of carbonyl (C=O) groups is 3. The zero-order valence-corrected chi connectivity index (χ0v) is 11.6. The SMILES string of the molecule is CC(=O)NNC(=O)CN1CCc2ccccc2C1C(=O)O. The quantitative estimate of drug-likeness (QED) is 0.672. The largest absolute Gasteiger partial charge is 0.480 e. The third-order valence-electron chi connectivity index (χ3n) is 3.34. The first-order valence-corrected chi connectivity index (χ1v) is 6.59. The van der Waals surface area contributed by atoms with Gasteiger partial charge in [0.05, 0.1) is 6.54 Å². The summed E-state index contributed by atoms with van der Waals surface area (Å²) in [6, 6.07) is 6.48. The van der Waals surface area contributed by atoms with Gasteiger partial charge in [0.25, 0.3) is 5.91 Å². The number of nitrogens with zero attached hydrogens (tertiary/aromatic N) is 1. The zero-order chi connectivity index (χ0) is 15.4. The summed E-state index contributed by atoms with van der Waals surface area (Å²) in [4.78, 5) is 35.6. The highest BCUT2D eigenvalue weighted by atomic mass is 16.4. The molecule has 21 heavy (non-hydrogen) atoms. The van der Waals surface area contributed by atoms with Crippen LogP contribution in [-0.2, 0) is 20.8 Å². The molecule has 7 nitrogen and oxygen atoms in total. The molecule has 7 heteroatoms. The molecule has 0 spiro atoms. The Morgan fingerprint density at radius 1 is 1.29 bits per heavy atom. The molecule has 112 valence electrons. The minimum Gasteiger partial charge on any atom is -0.480 e. The number of amides is 2. The maximum Gasteiger partial charge on any atom is 0.325 e. The van der Waals surface area contributed by atoms with Gasteiger partial charge >= 0.3 is 5.97 Å². The van der Waals surface area contributed by atoms with Crippen molar-refractivity contribution in [2.45, 2.75) is 19.4 Å². The normalized spacial score (nSPS) is 17.7. The van der Waals surface area contributed by atoms with Gasteiger partial charge in [-0.3, -0.25) is 30.1 Å². The number of aliphatic carboxylic acids is 1. The fourth-order valence-corrected chi connectivity index (χ4v) is 2.46. The van der Waals surface area contributed by atoms with Crippen LogP contribution in [0.3, 0.4) is 0 Å². The molecular weight excluding hydrogens is 274 g/mol. The summed E-state index contributed by atoms with van der Waals surface area (Å²) in [6.45, 7) is 1.66. The molecule has 3 N–H and O–H groups in total. The number of benzene rings is 1. The van der Waals surface area contributed by atoms with Crippen molar-refractivity contribution in [3.8, 4) is 0 Å². The van der Waals surface area contributed by atoms with E-state index in [1.165, 1.54) is 6.92 Å². The molecule has 0 saturated heterocycles. The Morgan fingerprint density at radius 3 is 2.67 bits per heavy atom. The molecule has 1 atom stereocenters. The summed E-state index contributed by atoms with van der Waals surface area (Å²) >= 11 is 0. The number of carboxylic acid groups (broad SMARTS) is 1. The van der Waals surface area contributed by atoms with Crippen LogP contribution in [0.2, 0.25) is 0 Å². The highest BCUT2D eigenvalue weighted by Gasteiger charge is 2.33. The van der Waals surface area contributed by atoms with E-state index in [0.29, 0.717) is 18.5 Å². The van der Waals surface area contributed by atoms with Gasteiger partial charge in [-0.15, -0.1) is 0 Å². The van der Waals surface area contributed by atoms with Gasteiger partial charge in [-0.1, -0.05) is 24.3 Å². The van der Waals surface area contributed by atoms with Crippen molar-refractivity contribution in [3.63, 3.8) is 0 Å². The first kappa shape index (κ1) is 15.0. The van der Waals surface area contributed by atoms with E-state index < -0.39 is 17.9 Å². The molecule has 0 aliphatic carbocycles. The lowest BCUT2D eigenvalue weighted by molar-refractivity contribution is -0.145.